The Hall–Kier alpha value is -1.75. The van der Waals surface area contributed by atoms with Crippen molar-refractivity contribution in [1.82, 2.24) is 0 Å². The van der Waals surface area contributed by atoms with Gasteiger partial charge in [-0.1, -0.05) is 30.0 Å². The molecule has 0 radical (unpaired) electrons. The number of carbonyl (C=O) groups is 2. The lowest BCUT2D eigenvalue weighted by Gasteiger charge is -2.06. The molecule has 0 N–H and O–H groups in total. The molecule has 0 aliphatic carbocycles. The van der Waals surface area contributed by atoms with Gasteiger partial charge in [-0.05, 0) is 26.0 Å². The predicted octanol–water partition coefficient (Wildman–Crippen LogP) is 2.79. The molecule has 0 fully saturated rings. The van der Waals surface area contributed by atoms with Gasteiger partial charge >= 0.3 is 11.9 Å². The van der Waals surface area contributed by atoms with E-state index >= 15 is 0 Å². The molecule has 1 aromatic carbocycles. The number of esters is 2. The van der Waals surface area contributed by atoms with Gasteiger partial charge in [-0.2, -0.15) is 0 Å². The quantitative estimate of drug-likeness (QED) is 0.455. The van der Waals surface area contributed by atoms with Crippen LogP contribution in [0.5, 0.6) is 0 Å². The lowest BCUT2D eigenvalue weighted by Crippen LogP contribution is -2.09. The van der Waals surface area contributed by atoms with Crippen LogP contribution in [0.25, 0.3) is 0 Å². The first-order valence-electron chi connectivity index (χ1n) is 5.95. The summed E-state index contributed by atoms with van der Waals surface area (Å²) in [5.41, 5.74) is 0. The van der Waals surface area contributed by atoms with Gasteiger partial charge in [0.05, 0.1) is 13.2 Å². The third kappa shape index (κ3) is 5.61. The Balaban J connectivity index is 2.86. The highest BCUT2D eigenvalue weighted by Crippen LogP contribution is 2.27. The third-order valence-electron chi connectivity index (χ3n) is 1.98. The second-order valence-corrected chi connectivity index (χ2v) is 4.51. The van der Waals surface area contributed by atoms with Gasteiger partial charge in [0.25, 0.3) is 0 Å². The van der Waals surface area contributed by atoms with Crippen LogP contribution in [0, 0.1) is 0 Å². The number of thioether (sulfide) groups is 1. The van der Waals surface area contributed by atoms with Crippen molar-refractivity contribution in [3.8, 4) is 0 Å². The van der Waals surface area contributed by atoms with Crippen LogP contribution in [-0.4, -0.2) is 25.2 Å². The van der Waals surface area contributed by atoms with Crippen molar-refractivity contribution in [3.05, 3.63) is 41.3 Å². The number of rotatable bonds is 6. The number of hydrogen-bond donors (Lipinski definition) is 0. The maximum Gasteiger partial charge on any atom is 0.345 e. The van der Waals surface area contributed by atoms with Gasteiger partial charge in [0.1, 0.15) is 4.91 Å². The Labute approximate surface area is 116 Å². The molecule has 0 aliphatic rings. The van der Waals surface area contributed by atoms with E-state index in [0.29, 0.717) is 0 Å². The summed E-state index contributed by atoms with van der Waals surface area (Å²) in [5, 5.41) is 0. The molecule has 1 rings (SSSR count). The largest absolute Gasteiger partial charge is 0.463 e. The normalized spacial score (nSPS) is 10.9. The summed E-state index contributed by atoms with van der Waals surface area (Å²) in [5.74, 6) is -1.07. The summed E-state index contributed by atoms with van der Waals surface area (Å²) >= 11 is 1.18. The Kier molecular flexibility index (Phi) is 6.74. The Morgan fingerprint density at radius 2 is 1.74 bits per heavy atom. The van der Waals surface area contributed by atoms with E-state index in [2.05, 4.69) is 0 Å². The Bertz CT molecular complexity index is 454. The number of benzene rings is 1. The van der Waals surface area contributed by atoms with E-state index in [1.165, 1.54) is 17.8 Å². The molecule has 0 saturated carbocycles. The molecule has 102 valence electrons. The molecule has 4 nitrogen and oxygen atoms in total. The van der Waals surface area contributed by atoms with Crippen LogP contribution in [0.4, 0.5) is 0 Å². The van der Waals surface area contributed by atoms with Crippen molar-refractivity contribution in [2.75, 3.05) is 13.2 Å². The fourth-order valence-electron chi connectivity index (χ4n) is 1.24. The molecule has 0 saturated heterocycles. The molecule has 19 heavy (non-hydrogen) atoms. The number of carbonyl (C=O) groups excluding carboxylic acids is 2. The molecule has 0 unspecified atom stereocenters. The topological polar surface area (TPSA) is 52.6 Å². The Morgan fingerprint density at radius 1 is 1.11 bits per heavy atom. The summed E-state index contributed by atoms with van der Waals surface area (Å²) in [6.45, 7) is 3.95. The van der Waals surface area contributed by atoms with E-state index in [4.69, 9.17) is 9.47 Å². The van der Waals surface area contributed by atoms with Crippen LogP contribution in [0.1, 0.15) is 13.8 Å². The van der Waals surface area contributed by atoms with Crippen LogP contribution in [0.3, 0.4) is 0 Å². The summed E-state index contributed by atoms with van der Waals surface area (Å²) in [7, 11) is 0. The van der Waals surface area contributed by atoms with Crippen LogP contribution >= 0.6 is 11.8 Å². The van der Waals surface area contributed by atoms with Crippen LogP contribution in [0.2, 0.25) is 0 Å². The predicted molar refractivity (Wildman–Crippen MR) is 73.6 cm³/mol. The molecule has 0 aromatic heterocycles. The highest BCUT2D eigenvalue weighted by atomic mass is 32.2. The maximum absolute atomic E-state index is 11.8. The van der Waals surface area contributed by atoms with Crippen molar-refractivity contribution in [3.63, 3.8) is 0 Å². The molecule has 0 atom stereocenters. The average Bonchev–Trinajstić information content (AvgIpc) is 2.40. The van der Waals surface area contributed by atoms with E-state index in [1.54, 1.807) is 13.8 Å². The zero-order valence-corrected chi connectivity index (χ0v) is 11.7. The van der Waals surface area contributed by atoms with Crippen molar-refractivity contribution in [2.24, 2.45) is 0 Å². The molecule has 1 aromatic rings. The van der Waals surface area contributed by atoms with Crippen molar-refractivity contribution >= 4 is 23.7 Å². The van der Waals surface area contributed by atoms with E-state index in [-0.39, 0.29) is 18.1 Å². The SMILES string of the molecule is CCOC(=O)/C=C(\Sc1ccccc1)C(=O)OCC. The molecular formula is C14H16O4S. The molecule has 5 heteroatoms. The molecule has 0 aliphatic heterocycles. The Morgan fingerprint density at radius 3 is 2.32 bits per heavy atom. The molecule has 0 bridgehead atoms. The first-order valence-corrected chi connectivity index (χ1v) is 6.77. The first kappa shape index (κ1) is 15.3. The smallest absolute Gasteiger partial charge is 0.345 e. The zero-order valence-electron chi connectivity index (χ0n) is 10.9. The molecule has 0 amide bonds. The lowest BCUT2D eigenvalue weighted by molar-refractivity contribution is -0.140. The van der Waals surface area contributed by atoms with E-state index in [9.17, 15) is 9.59 Å². The highest BCUT2D eigenvalue weighted by Gasteiger charge is 2.15. The van der Waals surface area contributed by atoms with Crippen molar-refractivity contribution < 1.29 is 19.1 Å². The minimum absolute atomic E-state index is 0.214. The van der Waals surface area contributed by atoms with Gasteiger partial charge in [-0.25, -0.2) is 9.59 Å². The standard InChI is InChI=1S/C14H16O4S/c1-3-17-13(15)10-12(14(16)18-4-2)19-11-8-6-5-7-9-11/h5-10H,3-4H2,1-2H3/b12-10-. The van der Waals surface area contributed by atoms with Gasteiger partial charge in [0.15, 0.2) is 0 Å². The van der Waals surface area contributed by atoms with E-state index in [0.717, 1.165) is 4.90 Å². The third-order valence-corrected chi connectivity index (χ3v) is 3.00. The zero-order chi connectivity index (χ0) is 14.1. The van der Waals surface area contributed by atoms with Gasteiger partial charge in [0, 0.05) is 11.0 Å². The fourth-order valence-corrected chi connectivity index (χ4v) is 2.08. The summed E-state index contributed by atoms with van der Waals surface area (Å²) < 4.78 is 9.72. The van der Waals surface area contributed by atoms with Crippen molar-refractivity contribution in [1.29, 1.82) is 0 Å². The van der Waals surface area contributed by atoms with Crippen molar-refractivity contribution in [2.45, 2.75) is 18.7 Å². The number of ether oxygens (including phenoxy) is 2. The second kappa shape index (κ2) is 8.37. The highest BCUT2D eigenvalue weighted by molar-refractivity contribution is 8.04. The van der Waals surface area contributed by atoms with E-state index < -0.39 is 11.9 Å². The molecule has 0 heterocycles. The van der Waals surface area contributed by atoms with Crippen LogP contribution < -0.4 is 0 Å². The number of hydrogen-bond acceptors (Lipinski definition) is 5. The van der Waals surface area contributed by atoms with Gasteiger partial charge in [0.2, 0.25) is 0 Å². The van der Waals surface area contributed by atoms with Crippen LogP contribution in [-0.2, 0) is 19.1 Å². The van der Waals surface area contributed by atoms with E-state index in [1.807, 2.05) is 30.3 Å². The van der Waals surface area contributed by atoms with Crippen LogP contribution in [0.15, 0.2) is 46.2 Å². The van der Waals surface area contributed by atoms with Gasteiger partial charge < -0.3 is 9.47 Å². The lowest BCUT2D eigenvalue weighted by atomic mass is 10.4. The monoisotopic (exact) mass is 280 g/mol. The second-order valence-electron chi connectivity index (χ2n) is 3.40. The first-order chi connectivity index (χ1) is 9.17. The summed E-state index contributed by atoms with van der Waals surface area (Å²) in [6.07, 6.45) is 1.17. The summed E-state index contributed by atoms with van der Waals surface area (Å²) in [4.78, 5) is 24.3. The van der Waals surface area contributed by atoms with Gasteiger partial charge in [-0.15, -0.1) is 0 Å². The minimum atomic E-state index is -0.547. The maximum atomic E-state index is 11.8. The summed E-state index contributed by atoms with van der Waals surface area (Å²) in [6, 6.07) is 9.29. The average molecular weight is 280 g/mol. The molecular weight excluding hydrogens is 264 g/mol. The molecule has 0 spiro atoms. The fraction of sp³-hybridized carbons (Fsp3) is 0.286. The minimum Gasteiger partial charge on any atom is -0.463 e. The van der Waals surface area contributed by atoms with Gasteiger partial charge in [-0.3, -0.25) is 0 Å².